The molecule has 0 aliphatic carbocycles. The first kappa shape index (κ1) is 10.2. The average molecular weight is 222 g/mol. The molecule has 1 aliphatic heterocycles. The van der Waals surface area contributed by atoms with Crippen LogP contribution in [-0.2, 0) is 0 Å². The second-order valence-corrected chi connectivity index (χ2v) is 5.55. The highest BCUT2D eigenvalue weighted by Gasteiger charge is 2.04. The Hall–Kier alpha value is -0.340. The first-order valence-corrected chi connectivity index (χ1v) is 7.07. The molecule has 0 saturated heterocycles. The molecule has 0 atom stereocenters. The number of rotatable bonds is 1. The molecule has 0 N–H and O–H groups in total. The van der Waals surface area contributed by atoms with Crippen LogP contribution in [0.3, 0.4) is 0 Å². The third-order valence-corrected chi connectivity index (χ3v) is 4.53. The van der Waals surface area contributed by atoms with Gasteiger partial charge >= 0.3 is 0 Å². The van der Waals surface area contributed by atoms with Gasteiger partial charge in [0.05, 0.1) is 0 Å². The van der Waals surface area contributed by atoms with Gasteiger partial charge in [-0.15, -0.1) is 11.8 Å². The second kappa shape index (κ2) is 5.52. The van der Waals surface area contributed by atoms with Crippen molar-refractivity contribution in [2.24, 2.45) is 0 Å². The van der Waals surface area contributed by atoms with Crippen LogP contribution in [0.5, 0.6) is 0 Å². The smallest absolute Gasteiger partial charge is 0.0105 e. The van der Waals surface area contributed by atoms with Crippen molar-refractivity contribution in [2.45, 2.75) is 6.42 Å². The van der Waals surface area contributed by atoms with Crippen LogP contribution < -0.4 is 0 Å². The van der Waals surface area contributed by atoms with E-state index < -0.39 is 0 Å². The van der Waals surface area contributed by atoms with Gasteiger partial charge in [-0.2, -0.15) is 11.8 Å². The van der Waals surface area contributed by atoms with Gasteiger partial charge in [0, 0.05) is 16.4 Å². The lowest BCUT2D eigenvalue weighted by Crippen LogP contribution is -1.92. The summed E-state index contributed by atoms with van der Waals surface area (Å²) in [5, 5.41) is 0. The highest BCUT2D eigenvalue weighted by atomic mass is 32.2. The maximum Gasteiger partial charge on any atom is 0.0105 e. The summed E-state index contributed by atoms with van der Waals surface area (Å²) in [6.07, 6.45) is 3.59. The van der Waals surface area contributed by atoms with E-state index in [-0.39, 0.29) is 0 Å². The Labute approximate surface area is 94.2 Å². The summed E-state index contributed by atoms with van der Waals surface area (Å²) in [5.41, 5.74) is 1.38. The van der Waals surface area contributed by atoms with E-state index in [1.165, 1.54) is 34.1 Å². The summed E-state index contributed by atoms with van der Waals surface area (Å²) < 4.78 is 0. The monoisotopic (exact) mass is 222 g/mol. The van der Waals surface area contributed by atoms with E-state index in [1.54, 1.807) is 0 Å². The predicted octanol–water partition coefficient (Wildman–Crippen LogP) is 3.90. The fourth-order valence-electron chi connectivity index (χ4n) is 1.45. The molecule has 0 spiro atoms. The van der Waals surface area contributed by atoms with E-state index in [9.17, 15) is 0 Å². The molecule has 0 saturated carbocycles. The van der Waals surface area contributed by atoms with Gasteiger partial charge in [0.1, 0.15) is 0 Å². The summed E-state index contributed by atoms with van der Waals surface area (Å²) in [5.74, 6) is 3.80. The first-order chi connectivity index (χ1) is 6.97. The van der Waals surface area contributed by atoms with Crippen molar-refractivity contribution in [3.05, 3.63) is 42.0 Å². The minimum Gasteiger partial charge on any atom is -0.161 e. The highest BCUT2D eigenvalue weighted by Crippen LogP contribution is 2.30. The van der Waals surface area contributed by atoms with Gasteiger partial charge in [-0.25, -0.2) is 0 Å². The van der Waals surface area contributed by atoms with Crippen molar-refractivity contribution >= 4 is 28.4 Å². The number of benzene rings is 1. The summed E-state index contributed by atoms with van der Waals surface area (Å²) in [7, 11) is 0. The minimum atomic E-state index is 1.21. The molecule has 1 heterocycles. The lowest BCUT2D eigenvalue weighted by molar-refractivity contribution is 1.24. The van der Waals surface area contributed by atoms with E-state index >= 15 is 0 Å². The largest absolute Gasteiger partial charge is 0.161 e. The maximum atomic E-state index is 2.38. The fourth-order valence-corrected chi connectivity index (χ4v) is 3.50. The Bertz CT molecular complexity index is 303. The van der Waals surface area contributed by atoms with E-state index in [0.717, 1.165) is 0 Å². The first-order valence-electron chi connectivity index (χ1n) is 4.93. The topological polar surface area (TPSA) is 0 Å². The van der Waals surface area contributed by atoms with Crippen molar-refractivity contribution in [2.75, 3.05) is 17.3 Å². The van der Waals surface area contributed by atoms with Crippen LogP contribution in [0.15, 0.2) is 36.4 Å². The van der Waals surface area contributed by atoms with E-state index in [4.69, 9.17) is 0 Å². The molecule has 1 aromatic carbocycles. The molecule has 0 nitrogen and oxygen atoms in total. The van der Waals surface area contributed by atoms with Gasteiger partial charge < -0.3 is 0 Å². The molecule has 0 aromatic heterocycles. The van der Waals surface area contributed by atoms with Crippen molar-refractivity contribution < 1.29 is 0 Å². The molecule has 0 bridgehead atoms. The Kier molecular flexibility index (Phi) is 4.02. The fraction of sp³-hybridized carbons (Fsp3) is 0.333. The molecule has 1 aromatic rings. The van der Waals surface area contributed by atoms with Crippen molar-refractivity contribution in [3.8, 4) is 0 Å². The normalized spacial score (nSPS) is 21.9. The Morgan fingerprint density at radius 1 is 0.929 bits per heavy atom. The lowest BCUT2D eigenvalue weighted by Gasteiger charge is -2.10. The Morgan fingerprint density at radius 3 is 2.64 bits per heavy atom. The molecule has 0 unspecified atom stereocenters. The third kappa shape index (κ3) is 2.82. The Morgan fingerprint density at radius 2 is 1.79 bits per heavy atom. The lowest BCUT2D eigenvalue weighted by atomic mass is 10.2. The van der Waals surface area contributed by atoms with Crippen LogP contribution in [0.1, 0.15) is 12.0 Å². The molecule has 0 fully saturated rings. The highest BCUT2D eigenvalue weighted by molar-refractivity contribution is 8.09. The molecule has 0 amide bonds. The molecule has 0 radical (unpaired) electrons. The summed E-state index contributed by atoms with van der Waals surface area (Å²) in [6.45, 7) is 0. The molecular formula is C12H14S2. The number of thioether (sulfide) groups is 2. The number of allylic oxidation sites excluding steroid dienone is 1. The number of hydrogen-bond acceptors (Lipinski definition) is 2. The van der Waals surface area contributed by atoms with E-state index in [2.05, 4.69) is 48.2 Å². The van der Waals surface area contributed by atoms with Crippen LogP contribution in [0.25, 0.3) is 4.91 Å². The Balaban J connectivity index is 2.15. The molecule has 2 heteroatoms. The van der Waals surface area contributed by atoms with Gasteiger partial charge in [-0.05, 0) is 17.7 Å². The van der Waals surface area contributed by atoms with E-state index in [0.29, 0.717) is 0 Å². The molecule has 74 valence electrons. The van der Waals surface area contributed by atoms with Crippen LogP contribution in [0.2, 0.25) is 0 Å². The molecular weight excluding hydrogens is 208 g/mol. The summed E-state index contributed by atoms with van der Waals surface area (Å²) in [4.78, 5) is 1.46. The summed E-state index contributed by atoms with van der Waals surface area (Å²) >= 11 is 4.05. The van der Waals surface area contributed by atoms with E-state index in [1.807, 2.05) is 11.8 Å². The van der Waals surface area contributed by atoms with Gasteiger partial charge in [0.15, 0.2) is 0 Å². The predicted molar refractivity (Wildman–Crippen MR) is 68.8 cm³/mol. The quantitative estimate of drug-likeness (QED) is 0.707. The SMILES string of the molecule is C1=C(/c2ccccc2)SCCSCC/1. The molecule has 1 aliphatic rings. The zero-order valence-corrected chi connectivity index (χ0v) is 9.74. The zero-order valence-electron chi connectivity index (χ0n) is 8.11. The second-order valence-electron chi connectivity index (χ2n) is 3.18. The van der Waals surface area contributed by atoms with Crippen molar-refractivity contribution in [3.63, 3.8) is 0 Å². The van der Waals surface area contributed by atoms with Crippen LogP contribution in [0.4, 0.5) is 0 Å². The zero-order chi connectivity index (χ0) is 9.64. The van der Waals surface area contributed by atoms with Crippen molar-refractivity contribution in [1.29, 1.82) is 0 Å². The van der Waals surface area contributed by atoms with Crippen LogP contribution in [0, 0.1) is 0 Å². The average Bonchev–Trinajstić information content (AvgIpc) is 2.18. The maximum absolute atomic E-state index is 2.38. The van der Waals surface area contributed by atoms with Crippen molar-refractivity contribution in [1.82, 2.24) is 0 Å². The summed E-state index contributed by atoms with van der Waals surface area (Å²) in [6, 6.07) is 10.7. The van der Waals surface area contributed by atoms with Crippen LogP contribution >= 0.6 is 23.5 Å². The van der Waals surface area contributed by atoms with Gasteiger partial charge in [-0.3, -0.25) is 0 Å². The molecule has 2 rings (SSSR count). The molecule has 14 heavy (non-hydrogen) atoms. The van der Waals surface area contributed by atoms with Gasteiger partial charge in [0.2, 0.25) is 0 Å². The number of hydrogen-bond donors (Lipinski definition) is 0. The minimum absolute atomic E-state index is 1.21. The van der Waals surface area contributed by atoms with Gasteiger partial charge in [0.25, 0.3) is 0 Å². The third-order valence-electron chi connectivity index (χ3n) is 2.14. The van der Waals surface area contributed by atoms with Crippen LogP contribution in [-0.4, -0.2) is 17.3 Å². The van der Waals surface area contributed by atoms with Gasteiger partial charge in [-0.1, -0.05) is 36.4 Å². The standard InChI is InChI=1S/C12H14S2/c1-2-5-11(6-3-1)12-7-4-8-13-9-10-14-12/h1-3,5-7H,4,8-10H2/b12-7-.